The van der Waals surface area contributed by atoms with Gasteiger partial charge in [-0.1, -0.05) is 36.4 Å². The first-order valence-electron chi connectivity index (χ1n) is 7.27. The molecule has 3 aromatic rings. The van der Waals surface area contributed by atoms with E-state index in [1.54, 1.807) is 0 Å². The van der Waals surface area contributed by atoms with E-state index in [1.165, 1.54) is 6.26 Å². The van der Waals surface area contributed by atoms with Crippen LogP contribution in [-0.2, 0) is 16.4 Å². The first-order valence-corrected chi connectivity index (χ1v) is 9.12. The molecule has 0 radical (unpaired) electrons. The molecular weight excluding hydrogens is 296 g/mol. The highest BCUT2D eigenvalue weighted by molar-refractivity contribution is 7.90. The summed E-state index contributed by atoms with van der Waals surface area (Å²) in [5.74, 6) is 0.716. The Kier molecular flexibility index (Phi) is 2.74. The number of sulfonamides is 1. The predicted octanol–water partition coefficient (Wildman–Crippen LogP) is 3.32. The lowest BCUT2D eigenvalue weighted by atomic mass is 10.2. The molecule has 1 aromatic heterocycles. The molecular formula is C17H17N2O2S+. The predicted molar refractivity (Wildman–Crippen MR) is 89.6 cm³/mol. The Bertz CT molecular complexity index is 942. The van der Waals surface area contributed by atoms with Crippen LogP contribution in [0.5, 0.6) is 0 Å². The normalized spacial score (nSPS) is 21.1. The third-order valence-corrected chi connectivity index (χ3v) is 6.26. The van der Waals surface area contributed by atoms with Crippen LogP contribution in [0.2, 0.25) is 0 Å². The number of fused-ring (bicyclic) bond motifs is 2. The lowest BCUT2D eigenvalue weighted by molar-refractivity contribution is 0.517. The van der Waals surface area contributed by atoms with Crippen molar-refractivity contribution >= 4 is 32.4 Å². The first kappa shape index (κ1) is 13.5. The maximum absolute atomic E-state index is 12.7. The molecule has 0 spiro atoms. The molecule has 112 valence electrons. The Morgan fingerprint density at radius 3 is 2.55 bits per heavy atom. The second-order valence-electron chi connectivity index (χ2n) is 5.82. The highest BCUT2D eigenvalue weighted by atomic mass is 32.2. The molecule has 0 saturated heterocycles. The minimum absolute atomic E-state index is 0.127. The second kappa shape index (κ2) is 4.44. The minimum Gasteiger partial charge on any atom is -0.309 e. The zero-order valence-corrected chi connectivity index (χ0v) is 13.1. The molecule has 2 aromatic carbocycles. The summed E-state index contributed by atoms with van der Waals surface area (Å²) in [6.45, 7) is 0.533. The summed E-state index contributed by atoms with van der Waals surface area (Å²) in [4.78, 5) is 3.32. The number of aromatic amines is 1. The summed E-state index contributed by atoms with van der Waals surface area (Å²) in [6.07, 6.45) is 2.08. The van der Waals surface area contributed by atoms with Crippen molar-refractivity contribution in [1.82, 2.24) is 8.87 Å². The van der Waals surface area contributed by atoms with Crippen LogP contribution in [0.15, 0.2) is 54.6 Å². The van der Waals surface area contributed by atoms with Crippen LogP contribution in [0.25, 0.3) is 10.9 Å². The van der Waals surface area contributed by atoms with E-state index < -0.39 is 10.0 Å². The average molecular weight is 313 g/mol. The number of hydrogen-bond donors (Lipinski definition) is 1. The summed E-state index contributed by atoms with van der Waals surface area (Å²) < 4.78 is 25.4. The van der Waals surface area contributed by atoms with Gasteiger partial charge < -0.3 is 4.98 Å². The second-order valence-corrected chi connectivity index (χ2v) is 7.91. The van der Waals surface area contributed by atoms with Gasteiger partial charge in [-0.2, -0.15) is 8.42 Å². The summed E-state index contributed by atoms with van der Waals surface area (Å²) in [5.41, 5.74) is 2.92. The van der Waals surface area contributed by atoms with Crippen molar-refractivity contribution in [3.05, 3.63) is 60.2 Å². The van der Waals surface area contributed by atoms with Gasteiger partial charge in [-0.25, -0.2) is 0 Å². The fourth-order valence-electron chi connectivity index (χ4n) is 3.50. The number of rotatable bonds is 2. The number of hydrogen-bond acceptors (Lipinski definition) is 2. The van der Waals surface area contributed by atoms with Gasteiger partial charge in [0.1, 0.15) is 6.54 Å². The molecule has 0 saturated carbocycles. The van der Waals surface area contributed by atoms with Crippen LogP contribution in [-0.4, -0.2) is 26.2 Å². The van der Waals surface area contributed by atoms with Crippen molar-refractivity contribution in [2.75, 3.05) is 12.8 Å². The molecule has 5 heteroatoms. The molecule has 22 heavy (non-hydrogen) atoms. The Hall–Kier alpha value is -2.11. The van der Waals surface area contributed by atoms with E-state index in [9.17, 15) is 8.42 Å². The monoisotopic (exact) mass is 313 g/mol. The quantitative estimate of drug-likeness (QED) is 0.738. The van der Waals surface area contributed by atoms with Gasteiger partial charge in [0.15, 0.2) is 5.69 Å². The van der Waals surface area contributed by atoms with Crippen molar-refractivity contribution in [1.29, 1.82) is 0 Å². The van der Waals surface area contributed by atoms with E-state index in [2.05, 4.69) is 4.98 Å². The molecule has 1 atom stereocenters. The number of para-hydroxylation sites is 2. The standard InChI is InChI=1S/C17H17N2O2S/c1-22(20,21)19(11-10-13-6-3-5-9-16(13)19)17-12-14-7-2-4-8-15(14)18-17/h2-9,12,18H,10-11H2,1H3/q+1. The molecule has 4 rings (SSSR count). The lowest BCUT2D eigenvalue weighted by Gasteiger charge is -2.29. The van der Waals surface area contributed by atoms with Gasteiger partial charge in [-0.05, 0) is 6.07 Å². The van der Waals surface area contributed by atoms with Gasteiger partial charge in [-0.15, -0.1) is 3.89 Å². The fraction of sp³-hybridized carbons (Fsp3) is 0.176. The molecule has 0 bridgehead atoms. The van der Waals surface area contributed by atoms with Gasteiger partial charge in [-0.3, -0.25) is 0 Å². The van der Waals surface area contributed by atoms with E-state index in [0.717, 1.165) is 28.6 Å². The molecule has 0 aliphatic carbocycles. The van der Waals surface area contributed by atoms with Crippen LogP contribution < -0.4 is 3.89 Å². The van der Waals surface area contributed by atoms with Gasteiger partial charge in [0, 0.05) is 29.5 Å². The number of quaternary nitrogens is 1. The number of nitrogens with zero attached hydrogens (tertiary/aromatic N) is 1. The van der Waals surface area contributed by atoms with Crippen LogP contribution in [0.4, 0.5) is 11.5 Å². The van der Waals surface area contributed by atoms with Crippen LogP contribution in [0.3, 0.4) is 0 Å². The van der Waals surface area contributed by atoms with Gasteiger partial charge >= 0.3 is 10.0 Å². The topological polar surface area (TPSA) is 49.9 Å². The third kappa shape index (κ3) is 1.69. The van der Waals surface area contributed by atoms with E-state index >= 15 is 0 Å². The van der Waals surface area contributed by atoms with Gasteiger partial charge in [0.2, 0.25) is 5.82 Å². The average Bonchev–Trinajstić information content (AvgIpc) is 3.08. The zero-order chi connectivity index (χ0) is 15.4. The van der Waals surface area contributed by atoms with Crippen molar-refractivity contribution in [2.24, 2.45) is 0 Å². The van der Waals surface area contributed by atoms with Gasteiger partial charge in [0.25, 0.3) is 0 Å². The first-order chi connectivity index (χ1) is 10.5. The highest BCUT2D eigenvalue weighted by Gasteiger charge is 2.49. The molecule has 0 fully saturated rings. The molecule has 1 aliphatic rings. The van der Waals surface area contributed by atoms with Crippen molar-refractivity contribution in [3.63, 3.8) is 0 Å². The smallest absolute Gasteiger partial charge is 0.304 e. The number of nitrogens with one attached hydrogen (secondary N) is 1. The summed E-state index contributed by atoms with van der Waals surface area (Å²) in [5, 5.41) is 1.03. The molecule has 4 nitrogen and oxygen atoms in total. The Morgan fingerprint density at radius 2 is 1.77 bits per heavy atom. The highest BCUT2D eigenvalue weighted by Crippen LogP contribution is 2.45. The number of aromatic nitrogens is 1. The van der Waals surface area contributed by atoms with Crippen LogP contribution in [0.1, 0.15) is 5.56 Å². The van der Waals surface area contributed by atoms with Crippen LogP contribution >= 0.6 is 0 Å². The third-order valence-electron chi connectivity index (χ3n) is 4.55. The summed E-state index contributed by atoms with van der Waals surface area (Å²) >= 11 is 0. The van der Waals surface area contributed by atoms with E-state index in [-0.39, 0.29) is 3.89 Å². The van der Waals surface area contributed by atoms with Crippen LogP contribution in [0, 0.1) is 0 Å². The molecule has 0 amide bonds. The zero-order valence-electron chi connectivity index (χ0n) is 12.3. The Morgan fingerprint density at radius 1 is 1.05 bits per heavy atom. The van der Waals surface area contributed by atoms with E-state index in [4.69, 9.17) is 0 Å². The van der Waals surface area contributed by atoms with Crippen molar-refractivity contribution in [3.8, 4) is 0 Å². The largest absolute Gasteiger partial charge is 0.309 e. The summed E-state index contributed by atoms with van der Waals surface area (Å²) in [6, 6.07) is 17.7. The van der Waals surface area contributed by atoms with E-state index in [1.807, 2.05) is 54.6 Å². The minimum atomic E-state index is -3.37. The fourth-order valence-corrected chi connectivity index (χ4v) is 4.91. The maximum Gasteiger partial charge on any atom is 0.304 e. The molecule has 1 aliphatic heterocycles. The van der Waals surface area contributed by atoms with Crippen molar-refractivity contribution in [2.45, 2.75) is 6.42 Å². The number of H-pyrrole nitrogens is 1. The Balaban J connectivity index is 2.06. The number of benzene rings is 2. The summed E-state index contributed by atoms with van der Waals surface area (Å²) in [7, 11) is -3.37. The van der Waals surface area contributed by atoms with E-state index in [0.29, 0.717) is 12.4 Å². The molecule has 1 unspecified atom stereocenters. The van der Waals surface area contributed by atoms with Crippen molar-refractivity contribution < 1.29 is 8.42 Å². The SMILES string of the molecule is CS(=O)(=O)[N+]1(c2cc3ccccc3[nH]2)CCc2ccccc21. The lowest BCUT2D eigenvalue weighted by Crippen LogP contribution is -2.47. The maximum atomic E-state index is 12.7. The molecule has 1 N–H and O–H groups in total. The molecule has 2 heterocycles. The van der Waals surface area contributed by atoms with Gasteiger partial charge in [0.05, 0.1) is 11.8 Å². The Labute approximate surface area is 129 Å².